The van der Waals surface area contributed by atoms with Crippen LogP contribution in [0.3, 0.4) is 0 Å². The molecule has 0 bridgehead atoms. The average Bonchev–Trinajstić information content (AvgIpc) is 2.93. The normalized spacial score (nSPS) is 18.6. The summed E-state index contributed by atoms with van der Waals surface area (Å²) in [6.45, 7) is 6.28. The molecule has 0 atom stereocenters. The van der Waals surface area contributed by atoms with E-state index in [2.05, 4.69) is 23.1 Å². The highest BCUT2D eigenvalue weighted by molar-refractivity contribution is 5.95. The van der Waals surface area contributed by atoms with Crippen molar-refractivity contribution in [1.29, 1.82) is 0 Å². The van der Waals surface area contributed by atoms with Gasteiger partial charge in [-0.2, -0.15) is 0 Å². The Hall–Kier alpha value is -3.18. The number of hydrogen-bond donors (Lipinski definition) is 0. The molecule has 2 aliphatic rings. The molecule has 0 saturated carbocycles. The number of para-hydroxylation sites is 1. The first kappa shape index (κ1) is 26.4. The number of ether oxygens (including phenoxy) is 1. The molecule has 5 heteroatoms. The molecule has 0 aromatic heterocycles. The lowest BCUT2D eigenvalue weighted by Crippen LogP contribution is -2.48. The van der Waals surface area contributed by atoms with Crippen molar-refractivity contribution in [2.24, 2.45) is 5.41 Å². The van der Waals surface area contributed by atoms with Crippen LogP contribution in [0.25, 0.3) is 0 Å². The standard InChI is InChI=1S/C33H39FN2O2/c1-26-10-2-5-14-29(26)32(37)36-20-18-33(19-21-36)17-9-8-12-27-11-4-7-16-31(27)38-23-22-35(25-33)24-28-13-3-6-15-30(28)34/h2-7,10-11,13-16H,8-9,12,17-25H2,1H3. The summed E-state index contributed by atoms with van der Waals surface area (Å²) in [5, 5.41) is 0. The Bertz CT molecular complexity index is 1230. The monoisotopic (exact) mass is 514 g/mol. The van der Waals surface area contributed by atoms with Gasteiger partial charge < -0.3 is 9.64 Å². The Morgan fingerprint density at radius 1 is 0.895 bits per heavy atom. The van der Waals surface area contributed by atoms with E-state index in [1.165, 1.54) is 5.56 Å². The van der Waals surface area contributed by atoms with Gasteiger partial charge in [0.05, 0.1) is 0 Å². The maximum absolute atomic E-state index is 14.7. The summed E-state index contributed by atoms with van der Waals surface area (Å²) in [4.78, 5) is 17.7. The molecule has 1 fully saturated rings. The van der Waals surface area contributed by atoms with Crippen molar-refractivity contribution in [3.63, 3.8) is 0 Å². The first-order valence-electron chi connectivity index (χ1n) is 14.0. The van der Waals surface area contributed by atoms with E-state index in [1.54, 1.807) is 12.1 Å². The molecule has 2 aliphatic heterocycles. The van der Waals surface area contributed by atoms with E-state index in [0.717, 1.165) is 87.1 Å². The fourth-order valence-corrected chi connectivity index (χ4v) is 6.16. The Labute approximate surface area is 226 Å². The van der Waals surface area contributed by atoms with Gasteiger partial charge in [0.25, 0.3) is 5.91 Å². The minimum absolute atomic E-state index is 0.104. The topological polar surface area (TPSA) is 32.8 Å². The van der Waals surface area contributed by atoms with E-state index in [0.29, 0.717) is 13.2 Å². The number of amides is 1. The van der Waals surface area contributed by atoms with Crippen molar-refractivity contribution in [1.82, 2.24) is 9.80 Å². The van der Waals surface area contributed by atoms with E-state index in [9.17, 15) is 9.18 Å². The van der Waals surface area contributed by atoms with E-state index in [4.69, 9.17) is 4.74 Å². The van der Waals surface area contributed by atoms with Crippen LogP contribution in [-0.2, 0) is 13.0 Å². The van der Waals surface area contributed by atoms with E-state index in [1.807, 2.05) is 54.3 Å². The molecule has 3 aromatic rings. The fourth-order valence-electron chi connectivity index (χ4n) is 6.16. The van der Waals surface area contributed by atoms with Gasteiger partial charge in [0.2, 0.25) is 0 Å². The molecule has 3 aromatic carbocycles. The highest BCUT2D eigenvalue weighted by atomic mass is 19.1. The first-order valence-corrected chi connectivity index (χ1v) is 14.0. The third kappa shape index (κ3) is 6.27. The molecule has 1 spiro atoms. The zero-order valence-electron chi connectivity index (χ0n) is 22.5. The lowest BCUT2D eigenvalue weighted by atomic mass is 9.73. The third-order valence-corrected chi connectivity index (χ3v) is 8.44. The summed E-state index contributed by atoms with van der Waals surface area (Å²) in [6, 6.07) is 23.3. The zero-order valence-corrected chi connectivity index (χ0v) is 22.5. The molecule has 0 aliphatic carbocycles. The van der Waals surface area contributed by atoms with Crippen LogP contribution >= 0.6 is 0 Å². The zero-order chi connectivity index (χ0) is 26.4. The number of likely N-dealkylation sites (tertiary alicyclic amines) is 1. The molecule has 200 valence electrons. The average molecular weight is 515 g/mol. The van der Waals surface area contributed by atoms with Crippen LogP contribution in [0.1, 0.15) is 59.2 Å². The fraction of sp³-hybridized carbons (Fsp3) is 0.424. The van der Waals surface area contributed by atoms with Gasteiger partial charge in [-0.25, -0.2) is 4.39 Å². The molecule has 5 rings (SSSR count). The van der Waals surface area contributed by atoms with Crippen LogP contribution in [0.5, 0.6) is 5.75 Å². The second-order valence-corrected chi connectivity index (χ2v) is 11.1. The van der Waals surface area contributed by atoms with Crippen LogP contribution in [0, 0.1) is 18.2 Å². The van der Waals surface area contributed by atoms with Crippen molar-refractivity contribution < 1.29 is 13.9 Å². The predicted octanol–water partition coefficient (Wildman–Crippen LogP) is 6.66. The van der Waals surface area contributed by atoms with Gasteiger partial charge in [-0.3, -0.25) is 9.69 Å². The number of carbonyl (C=O) groups excluding carboxylic acids is 1. The quantitative estimate of drug-likeness (QED) is 0.392. The van der Waals surface area contributed by atoms with Gasteiger partial charge in [0.1, 0.15) is 18.2 Å². The summed E-state index contributed by atoms with van der Waals surface area (Å²) in [5.41, 5.74) is 3.93. The molecular weight excluding hydrogens is 475 g/mol. The minimum Gasteiger partial charge on any atom is -0.492 e. The van der Waals surface area contributed by atoms with E-state index >= 15 is 0 Å². The van der Waals surface area contributed by atoms with Gasteiger partial charge in [0.15, 0.2) is 0 Å². The Kier molecular flexibility index (Phi) is 8.43. The van der Waals surface area contributed by atoms with Crippen LogP contribution in [0.4, 0.5) is 4.39 Å². The maximum Gasteiger partial charge on any atom is 0.254 e. The number of benzene rings is 3. The second kappa shape index (κ2) is 12.1. The van der Waals surface area contributed by atoms with Crippen LogP contribution in [-0.4, -0.2) is 48.5 Å². The number of rotatable bonds is 3. The van der Waals surface area contributed by atoms with Crippen molar-refractivity contribution in [3.05, 3.63) is 101 Å². The number of aryl methyl sites for hydroxylation is 2. The lowest BCUT2D eigenvalue weighted by Gasteiger charge is -2.45. The molecule has 4 nitrogen and oxygen atoms in total. The Morgan fingerprint density at radius 3 is 2.45 bits per heavy atom. The van der Waals surface area contributed by atoms with Crippen molar-refractivity contribution in [2.45, 2.75) is 52.0 Å². The van der Waals surface area contributed by atoms with Gasteiger partial charge in [-0.05, 0) is 73.8 Å². The highest BCUT2D eigenvalue weighted by Crippen LogP contribution is 2.39. The summed E-state index contributed by atoms with van der Waals surface area (Å²) in [6.07, 6.45) is 6.32. The highest BCUT2D eigenvalue weighted by Gasteiger charge is 2.37. The molecule has 1 saturated heterocycles. The van der Waals surface area contributed by atoms with Gasteiger partial charge in [-0.1, -0.05) is 61.0 Å². The van der Waals surface area contributed by atoms with Crippen LogP contribution in [0.15, 0.2) is 72.8 Å². The minimum atomic E-state index is -0.155. The predicted molar refractivity (Wildman–Crippen MR) is 150 cm³/mol. The first-order chi connectivity index (χ1) is 18.5. The molecule has 0 radical (unpaired) electrons. The number of hydrogen-bond acceptors (Lipinski definition) is 3. The van der Waals surface area contributed by atoms with Crippen molar-refractivity contribution in [2.75, 3.05) is 32.8 Å². The molecule has 0 unspecified atom stereocenters. The van der Waals surface area contributed by atoms with Crippen molar-refractivity contribution >= 4 is 5.91 Å². The van der Waals surface area contributed by atoms with Crippen LogP contribution < -0.4 is 4.74 Å². The Balaban J connectivity index is 1.35. The van der Waals surface area contributed by atoms with E-state index < -0.39 is 0 Å². The van der Waals surface area contributed by atoms with Gasteiger partial charge in [0, 0.05) is 43.9 Å². The molecule has 2 heterocycles. The van der Waals surface area contributed by atoms with Crippen molar-refractivity contribution in [3.8, 4) is 5.75 Å². The lowest BCUT2D eigenvalue weighted by molar-refractivity contribution is 0.0358. The summed E-state index contributed by atoms with van der Waals surface area (Å²) in [5.74, 6) is 0.952. The SMILES string of the molecule is Cc1ccccc1C(=O)N1CCC2(CCCCc3ccccc3OCCN(Cc3ccccc3F)C2)CC1. The Morgan fingerprint density at radius 2 is 1.63 bits per heavy atom. The summed E-state index contributed by atoms with van der Waals surface area (Å²) >= 11 is 0. The van der Waals surface area contributed by atoms with E-state index in [-0.39, 0.29) is 17.1 Å². The molecule has 38 heavy (non-hydrogen) atoms. The number of halogens is 1. The molecular formula is C33H39FN2O2. The molecule has 0 N–H and O–H groups in total. The summed E-state index contributed by atoms with van der Waals surface area (Å²) < 4.78 is 20.9. The number of carbonyl (C=O) groups is 1. The number of piperidine rings is 1. The number of fused-ring (bicyclic) bond motifs is 1. The summed E-state index contributed by atoms with van der Waals surface area (Å²) in [7, 11) is 0. The maximum atomic E-state index is 14.7. The van der Waals surface area contributed by atoms with Gasteiger partial charge in [-0.15, -0.1) is 0 Å². The molecule has 1 amide bonds. The van der Waals surface area contributed by atoms with Gasteiger partial charge >= 0.3 is 0 Å². The number of nitrogens with zero attached hydrogens (tertiary/aromatic N) is 2. The smallest absolute Gasteiger partial charge is 0.254 e. The van der Waals surface area contributed by atoms with Crippen LogP contribution in [0.2, 0.25) is 0 Å². The largest absolute Gasteiger partial charge is 0.492 e. The third-order valence-electron chi connectivity index (χ3n) is 8.44. The second-order valence-electron chi connectivity index (χ2n) is 11.1.